The number of unbranched alkanes of at least 4 members (excludes halogenated alkanes) is 17. The average Bonchev–Trinajstić information content (AvgIpc) is 3.37. The minimum atomic E-state index is -0.846. The maximum absolute atomic E-state index is 12.8. The summed E-state index contributed by atoms with van der Waals surface area (Å²) >= 11 is 0. The highest BCUT2D eigenvalue weighted by molar-refractivity contribution is 5.71. The highest BCUT2D eigenvalue weighted by Crippen LogP contribution is 2.13. The van der Waals surface area contributed by atoms with Gasteiger partial charge in [0.05, 0.1) is 0 Å². The number of carbonyl (C=O) groups is 3. The molecule has 0 saturated carbocycles. The zero-order valence-electron chi connectivity index (χ0n) is 45.7. The molecule has 6 heteroatoms. The van der Waals surface area contributed by atoms with E-state index in [0.717, 1.165) is 70.6 Å². The topological polar surface area (TPSA) is 78.9 Å². The van der Waals surface area contributed by atoms with Crippen molar-refractivity contribution in [2.24, 2.45) is 0 Å². The SMILES string of the molecule is CCCCC/C=C\C/C=C\C/C=C\C/C=C\C/C=C\CCC(=O)OCC(COC(=O)CC/C=C\C/C=C\C/C=C\C/C=C\C/C=C\CCCCC)OC(=O)CCCCCCCCC/C=C\CCCCCC. The van der Waals surface area contributed by atoms with E-state index in [0.29, 0.717) is 12.8 Å². The van der Waals surface area contributed by atoms with Crippen LogP contribution in [-0.4, -0.2) is 37.2 Å². The molecule has 0 aromatic rings. The fourth-order valence-electron chi connectivity index (χ4n) is 7.28. The number of rotatable bonds is 50. The van der Waals surface area contributed by atoms with Crippen molar-refractivity contribution >= 4 is 17.9 Å². The van der Waals surface area contributed by atoms with Crippen LogP contribution in [0.4, 0.5) is 0 Å². The molecule has 0 radical (unpaired) electrons. The van der Waals surface area contributed by atoms with Crippen LogP contribution in [-0.2, 0) is 28.6 Å². The minimum Gasteiger partial charge on any atom is -0.462 e. The summed E-state index contributed by atoms with van der Waals surface area (Å²) in [7, 11) is 0. The Hall–Kier alpha value is -4.45. The molecule has 0 fully saturated rings. The Labute approximate surface area is 436 Å². The molecule has 0 heterocycles. The smallest absolute Gasteiger partial charge is 0.306 e. The molecule has 0 aromatic heterocycles. The number of hydrogen-bond acceptors (Lipinski definition) is 6. The van der Waals surface area contributed by atoms with Gasteiger partial charge >= 0.3 is 17.9 Å². The quantitative estimate of drug-likeness (QED) is 0.0262. The van der Waals surface area contributed by atoms with Crippen LogP contribution in [0.1, 0.15) is 239 Å². The fraction of sp³-hybridized carbons (Fsp3) is 0.615. The van der Waals surface area contributed by atoms with Gasteiger partial charge in [0.25, 0.3) is 0 Å². The van der Waals surface area contributed by atoms with Crippen molar-refractivity contribution in [1.82, 2.24) is 0 Å². The third kappa shape index (κ3) is 56.3. The molecule has 0 spiro atoms. The van der Waals surface area contributed by atoms with E-state index in [1.165, 1.54) is 116 Å². The molecule has 0 N–H and O–H groups in total. The second-order valence-electron chi connectivity index (χ2n) is 18.5. The second-order valence-corrected chi connectivity index (χ2v) is 18.5. The third-order valence-corrected chi connectivity index (χ3v) is 11.6. The van der Waals surface area contributed by atoms with Gasteiger partial charge in [0, 0.05) is 19.3 Å². The van der Waals surface area contributed by atoms with E-state index >= 15 is 0 Å². The summed E-state index contributed by atoms with van der Waals surface area (Å²) in [6.07, 6.45) is 81.7. The predicted octanol–water partition coefficient (Wildman–Crippen LogP) is 19.4. The fourth-order valence-corrected chi connectivity index (χ4v) is 7.28. The van der Waals surface area contributed by atoms with Gasteiger partial charge in [0.15, 0.2) is 6.10 Å². The Morgan fingerprint density at radius 2 is 0.535 bits per heavy atom. The highest BCUT2D eigenvalue weighted by atomic mass is 16.6. The number of carbonyl (C=O) groups excluding carboxylic acids is 3. The van der Waals surface area contributed by atoms with Gasteiger partial charge in [0.1, 0.15) is 13.2 Å². The molecule has 0 rings (SSSR count). The van der Waals surface area contributed by atoms with Crippen LogP contribution >= 0.6 is 0 Å². The summed E-state index contributed by atoms with van der Waals surface area (Å²) in [5.74, 6) is -1.11. The molecule has 0 saturated heterocycles. The summed E-state index contributed by atoms with van der Waals surface area (Å²) in [5, 5.41) is 0. The summed E-state index contributed by atoms with van der Waals surface area (Å²) in [4.78, 5) is 38.1. The monoisotopic (exact) mass is 981 g/mol. The van der Waals surface area contributed by atoms with Crippen LogP contribution < -0.4 is 0 Å². The van der Waals surface area contributed by atoms with Gasteiger partial charge in [-0.05, 0) is 122 Å². The van der Waals surface area contributed by atoms with E-state index in [4.69, 9.17) is 14.2 Å². The molecule has 6 nitrogen and oxygen atoms in total. The number of esters is 3. The van der Waals surface area contributed by atoms with Crippen LogP contribution in [0, 0.1) is 0 Å². The van der Waals surface area contributed by atoms with Crippen molar-refractivity contribution in [2.45, 2.75) is 245 Å². The molecule has 400 valence electrons. The van der Waals surface area contributed by atoms with Gasteiger partial charge in [-0.2, -0.15) is 0 Å². The maximum atomic E-state index is 12.8. The molecule has 0 aliphatic heterocycles. The molecule has 0 unspecified atom stereocenters. The first-order valence-corrected chi connectivity index (χ1v) is 28.7. The van der Waals surface area contributed by atoms with E-state index in [-0.39, 0.29) is 50.4 Å². The van der Waals surface area contributed by atoms with E-state index in [2.05, 4.69) is 130 Å². The van der Waals surface area contributed by atoms with Crippen LogP contribution in [0.2, 0.25) is 0 Å². The normalized spacial score (nSPS) is 12.7. The van der Waals surface area contributed by atoms with Crippen LogP contribution in [0.15, 0.2) is 134 Å². The van der Waals surface area contributed by atoms with E-state index < -0.39 is 6.10 Å². The third-order valence-electron chi connectivity index (χ3n) is 11.6. The second kappa shape index (κ2) is 58.1. The lowest BCUT2D eigenvalue weighted by Gasteiger charge is -2.18. The molecule has 0 aliphatic rings. The van der Waals surface area contributed by atoms with E-state index in [9.17, 15) is 14.4 Å². The Morgan fingerprint density at radius 1 is 0.282 bits per heavy atom. The largest absolute Gasteiger partial charge is 0.462 e. The Kier molecular flexibility index (Phi) is 54.5. The van der Waals surface area contributed by atoms with Crippen molar-refractivity contribution in [1.29, 1.82) is 0 Å². The van der Waals surface area contributed by atoms with Gasteiger partial charge in [-0.1, -0.05) is 231 Å². The first kappa shape index (κ1) is 66.6. The molecule has 0 atom stereocenters. The van der Waals surface area contributed by atoms with Gasteiger partial charge in [-0.15, -0.1) is 0 Å². The summed E-state index contributed by atoms with van der Waals surface area (Å²) < 4.78 is 16.7. The Morgan fingerprint density at radius 3 is 0.887 bits per heavy atom. The molecule has 0 amide bonds. The standard InChI is InChI=1S/C65H104O6/c1-4-7-10-13-16-19-22-25-28-30-32-34-37-39-42-45-48-51-54-57-63(66)69-60-62(71-65(68)59-56-53-50-47-44-41-36-27-24-21-18-15-12-9-6-3)61-70-64(67)58-55-52-49-46-43-40-38-35-33-31-29-26-23-20-17-14-11-8-5-2/h16-17,19-21,24-26,28-29,32-35,39-40,42-43,48-49,51-52,62H,4-15,18,22-23,27,30-31,36-38,41,44-47,50,53-61H2,1-3H3/b19-16-,20-17-,24-21-,28-25-,29-26-,34-32-,35-33-,42-39-,43-40-,51-48-,52-49-. The number of hydrogen-bond donors (Lipinski definition) is 0. The van der Waals surface area contributed by atoms with Crippen molar-refractivity contribution in [3.63, 3.8) is 0 Å². The lowest BCUT2D eigenvalue weighted by molar-refractivity contribution is -0.166. The van der Waals surface area contributed by atoms with Crippen LogP contribution in [0.25, 0.3) is 0 Å². The van der Waals surface area contributed by atoms with Crippen molar-refractivity contribution in [2.75, 3.05) is 13.2 Å². The molecular formula is C65H104O6. The van der Waals surface area contributed by atoms with Crippen molar-refractivity contribution in [3.8, 4) is 0 Å². The summed E-state index contributed by atoms with van der Waals surface area (Å²) in [6.45, 7) is 6.43. The van der Waals surface area contributed by atoms with Crippen LogP contribution in [0.5, 0.6) is 0 Å². The molecule has 0 aliphatic carbocycles. The highest BCUT2D eigenvalue weighted by Gasteiger charge is 2.19. The lowest BCUT2D eigenvalue weighted by Crippen LogP contribution is -2.30. The number of allylic oxidation sites excluding steroid dienone is 22. The van der Waals surface area contributed by atoms with Crippen molar-refractivity contribution < 1.29 is 28.6 Å². The van der Waals surface area contributed by atoms with Gasteiger partial charge < -0.3 is 14.2 Å². The van der Waals surface area contributed by atoms with Gasteiger partial charge in [0.2, 0.25) is 0 Å². The van der Waals surface area contributed by atoms with E-state index in [1.54, 1.807) is 0 Å². The predicted molar refractivity (Wildman–Crippen MR) is 306 cm³/mol. The molecule has 0 bridgehead atoms. The minimum absolute atomic E-state index is 0.146. The van der Waals surface area contributed by atoms with Gasteiger partial charge in [-0.25, -0.2) is 0 Å². The average molecular weight is 982 g/mol. The first-order chi connectivity index (χ1) is 35.0. The summed E-state index contributed by atoms with van der Waals surface area (Å²) in [6, 6.07) is 0. The molecular weight excluding hydrogens is 877 g/mol. The van der Waals surface area contributed by atoms with Crippen LogP contribution in [0.3, 0.4) is 0 Å². The lowest BCUT2D eigenvalue weighted by atomic mass is 10.1. The zero-order valence-corrected chi connectivity index (χ0v) is 45.7. The number of ether oxygens (including phenoxy) is 3. The van der Waals surface area contributed by atoms with Crippen molar-refractivity contribution in [3.05, 3.63) is 134 Å². The maximum Gasteiger partial charge on any atom is 0.306 e. The molecule has 0 aromatic carbocycles. The molecule has 71 heavy (non-hydrogen) atoms. The first-order valence-electron chi connectivity index (χ1n) is 28.7. The Balaban J connectivity index is 4.62. The van der Waals surface area contributed by atoms with E-state index in [1.807, 2.05) is 24.3 Å². The van der Waals surface area contributed by atoms with Gasteiger partial charge in [-0.3, -0.25) is 14.4 Å². The summed E-state index contributed by atoms with van der Waals surface area (Å²) in [5.41, 5.74) is 0. The Bertz CT molecular complexity index is 1460. The zero-order chi connectivity index (χ0) is 51.4.